The van der Waals surface area contributed by atoms with Crippen LogP contribution in [0.4, 0.5) is 11.4 Å². The zero-order chi connectivity index (χ0) is 22.0. The van der Waals surface area contributed by atoms with Crippen LogP contribution in [-0.2, 0) is 20.6 Å². The number of nitro benzene ring substituents is 1. The van der Waals surface area contributed by atoms with Gasteiger partial charge in [-0.3, -0.25) is 19.6 Å². The minimum Gasteiger partial charge on any atom is -0.375 e. The average molecular weight is 416 g/mol. The Morgan fingerprint density at radius 1 is 1.16 bits per heavy atom. The van der Waals surface area contributed by atoms with Gasteiger partial charge in [0.25, 0.3) is 5.69 Å². The molecule has 2 aromatic carbocycles. The second kappa shape index (κ2) is 8.23. The normalized spacial score (nSPS) is 10.8. The third-order valence-corrected chi connectivity index (χ3v) is 4.93. The van der Waals surface area contributed by atoms with Crippen molar-refractivity contribution in [2.75, 3.05) is 5.32 Å². The van der Waals surface area contributed by atoms with Gasteiger partial charge in [-0.2, -0.15) is 5.10 Å². The molecule has 0 radical (unpaired) electrons. The van der Waals surface area contributed by atoms with Gasteiger partial charge in [-0.1, -0.05) is 18.2 Å². The summed E-state index contributed by atoms with van der Waals surface area (Å²) in [6, 6.07) is 12.3. The molecular formula is C22H20N6O3. The molecule has 0 aliphatic carbocycles. The molecule has 4 aromatic rings. The number of aromatic nitrogens is 4. The summed E-state index contributed by atoms with van der Waals surface area (Å²) in [5.74, 6) is -0.145. The van der Waals surface area contributed by atoms with E-state index >= 15 is 0 Å². The highest BCUT2D eigenvalue weighted by Crippen LogP contribution is 2.28. The Morgan fingerprint density at radius 2 is 2.00 bits per heavy atom. The van der Waals surface area contributed by atoms with Gasteiger partial charge in [0.1, 0.15) is 5.69 Å². The predicted octanol–water partition coefficient (Wildman–Crippen LogP) is 3.57. The van der Waals surface area contributed by atoms with Gasteiger partial charge in [-0.25, -0.2) is 4.98 Å². The van der Waals surface area contributed by atoms with Crippen LogP contribution in [-0.4, -0.2) is 30.0 Å². The van der Waals surface area contributed by atoms with Gasteiger partial charge in [0.2, 0.25) is 5.78 Å². The molecule has 0 spiro atoms. The van der Waals surface area contributed by atoms with E-state index in [1.807, 2.05) is 37.5 Å². The summed E-state index contributed by atoms with van der Waals surface area (Å²) in [7, 11) is 3.56. The van der Waals surface area contributed by atoms with E-state index in [2.05, 4.69) is 15.4 Å². The lowest BCUT2D eigenvalue weighted by Gasteiger charge is -2.10. The number of ketones is 1. The molecule has 0 fully saturated rings. The fourth-order valence-corrected chi connectivity index (χ4v) is 3.32. The Bertz CT molecular complexity index is 1270. The summed E-state index contributed by atoms with van der Waals surface area (Å²) in [5, 5.41) is 18.9. The standard InChI is InChI=1S/C22H20N6O3/c1-26-9-8-23-22(26)21(29)17-6-7-19(20(11-17)28(30)31)24-12-15-4-3-5-16(10-15)18-13-25-27(2)14-18/h3-11,13-14,24H,12H2,1-2H3. The first-order chi connectivity index (χ1) is 14.9. The third-order valence-electron chi connectivity index (χ3n) is 4.93. The van der Waals surface area contributed by atoms with Crippen molar-refractivity contribution < 1.29 is 9.72 Å². The number of nitro groups is 1. The van der Waals surface area contributed by atoms with Crippen LogP contribution in [0.5, 0.6) is 0 Å². The van der Waals surface area contributed by atoms with Crippen LogP contribution in [0.1, 0.15) is 21.7 Å². The van der Waals surface area contributed by atoms with E-state index in [-0.39, 0.29) is 22.9 Å². The summed E-state index contributed by atoms with van der Waals surface area (Å²) < 4.78 is 3.31. The van der Waals surface area contributed by atoms with Gasteiger partial charge in [-0.05, 0) is 29.3 Å². The zero-order valence-corrected chi connectivity index (χ0v) is 17.0. The van der Waals surface area contributed by atoms with E-state index < -0.39 is 4.92 Å². The van der Waals surface area contributed by atoms with Crippen molar-refractivity contribution in [1.29, 1.82) is 0 Å². The molecule has 4 rings (SSSR count). The first-order valence-electron chi connectivity index (χ1n) is 9.54. The molecule has 0 atom stereocenters. The Morgan fingerprint density at radius 3 is 2.68 bits per heavy atom. The van der Waals surface area contributed by atoms with E-state index in [4.69, 9.17) is 0 Å². The molecule has 156 valence electrons. The molecule has 0 aliphatic rings. The molecule has 0 amide bonds. The second-order valence-electron chi connectivity index (χ2n) is 7.14. The van der Waals surface area contributed by atoms with Gasteiger partial charge in [0.15, 0.2) is 5.82 Å². The first-order valence-corrected chi connectivity index (χ1v) is 9.54. The van der Waals surface area contributed by atoms with Gasteiger partial charge in [0.05, 0.1) is 11.1 Å². The van der Waals surface area contributed by atoms with Crippen molar-refractivity contribution in [3.8, 4) is 11.1 Å². The summed E-state index contributed by atoms with van der Waals surface area (Å²) in [6.45, 7) is 0.390. The summed E-state index contributed by atoms with van der Waals surface area (Å²) in [4.78, 5) is 27.8. The number of rotatable bonds is 7. The third kappa shape index (κ3) is 4.20. The summed E-state index contributed by atoms with van der Waals surface area (Å²) in [5.41, 5.74) is 3.36. The van der Waals surface area contributed by atoms with Crippen LogP contribution in [0.3, 0.4) is 0 Å². The van der Waals surface area contributed by atoms with Crippen LogP contribution < -0.4 is 5.32 Å². The minimum absolute atomic E-state index is 0.163. The molecular weight excluding hydrogens is 396 g/mol. The first kappa shape index (κ1) is 20.0. The number of carbonyl (C=O) groups excluding carboxylic acids is 1. The Hall–Kier alpha value is -4.27. The number of aryl methyl sites for hydroxylation is 2. The monoisotopic (exact) mass is 416 g/mol. The summed E-state index contributed by atoms with van der Waals surface area (Å²) in [6.07, 6.45) is 6.87. The van der Waals surface area contributed by atoms with E-state index in [9.17, 15) is 14.9 Å². The second-order valence-corrected chi connectivity index (χ2v) is 7.14. The number of hydrogen-bond acceptors (Lipinski definition) is 6. The molecule has 0 aliphatic heterocycles. The molecule has 0 bridgehead atoms. The van der Waals surface area contributed by atoms with Crippen molar-refractivity contribution >= 4 is 17.2 Å². The number of hydrogen-bond donors (Lipinski definition) is 1. The van der Waals surface area contributed by atoms with Crippen molar-refractivity contribution in [2.45, 2.75) is 6.54 Å². The largest absolute Gasteiger partial charge is 0.375 e. The molecule has 0 saturated heterocycles. The van der Waals surface area contributed by atoms with Crippen molar-refractivity contribution in [3.63, 3.8) is 0 Å². The van der Waals surface area contributed by atoms with Gasteiger partial charge < -0.3 is 9.88 Å². The number of nitrogens with one attached hydrogen (secondary N) is 1. The van der Waals surface area contributed by atoms with Crippen LogP contribution in [0, 0.1) is 10.1 Å². The maximum Gasteiger partial charge on any atom is 0.293 e. The van der Waals surface area contributed by atoms with Crippen molar-refractivity contribution in [1.82, 2.24) is 19.3 Å². The molecule has 2 heterocycles. The Balaban J connectivity index is 1.56. The number of anilines is 1. The number of nitrogens with zero attached hydrogens (tertiary/aromatic N) is 5. The lowest BCUT2D eigenvalue weighted by molar-refractivity contribution is -0.384. The molecule has 0 saturated carbocycles. The average Bonchev–Trinajstić information content (AvgIpc) is 3.40. The maximum atomic E-state index is 12.6. The fourth-order valence-electron chi connectivity index (χ4n) is 3.32. The van der Waals surface area contributed by atoms with E-state index in [1.165, 1.54) is 12.3 Å². The van der Waals surface area contributed by atoms with E-state index in [0.29, 0.717) is 12.2 Å². The smallest absolute Gasteiger partial charge is 0.293 e. The highest BCUT2D eigenvalue weighted by molar-refractivity contribution is 6.07. The van der Waals surface area contributed by atoms with Crippen LogP contribution in [0.2, 0.25) is 0 Å². The number of carbonyl (C=O) groups is 1. The minimum atomic E-state index is -0.496. The summed E-state index contributed by atoms with van der Waals surface area (Å²) >= 11 is 0. The Kier molecular flexibility index (Phi) is 5.31. The molecule has 9 heteroatoms. The highest BCUT2D eigenvalue weighted by atomic mass is 16.6. The molecule has 1 N–H and O–H groups in total. The molecule has 9 nitrogen and oxygen atoms in total. The molecule has 31 heavy (non-hydrogen) atoms. The van der Waals surface area contributed by atoms with Crippen LogP contribution in [0.15, 0.2) is 67.3 Å². The number of benzene rings is 2. The lowest BCUT2D eigenvalue weighted by Crippen LogP contribution is -2.10. The maximum absolute atomic E-state index is 12.6. The predicted molar refractivity (Wildman–Crippen MR) is 116 cm³/mol. The van der Waals surface area contributed by atoms with Gasteiger partial charge in [0, 0.05) is 56.4 Å². The zero-order valence-electron chi connectivity index (χ0n) is 17.0. The lowest BCUT2D eigenvalue weighted by atomic mass is 10.1. The molecule has 0 unspecified atom stereocenters. The van der Waals surface area contributed by atoms with Crippen molar-refractivity contribution in [3.05, 3.63) is 94.3 Å². The van der Waals surface area contributed by atoms with E-state index in [0.717, 1.165) is 16.7 Å². The SMILES string of the molecule is Cn1cc(-c2cccc(CNc3ccc(C(=O)c4nccn4C)cc3[N+](=O)[O-])c2)cn1. The van der Waals surface area contributed by atoms with Crippen molar-refractivity contribution in [2.24, 2.45) is 14.1 Å². The van der Waals surface area contributed by atoms with Crippen LogP contribution in [0.25, 0.3) is 11.1 Å². The quantitative estimate of drug-likeness (QED) is 0.280. The van der Waals surface area contributed by atoms with E-state index in [1.54, 1.807) is 40.8 Å². The Labute approximate surface area is 178 Å². The number of imidazole rings is 1. The van der Waals surface area contributed by atoms with Crippen LogP contribution >= 0.6 is 0 Å². The fraction of sp³-hybridized carbons (Fsp3) is 0.136. The van der Waals surface area contributed by atoms with Gasteiger partial charge >= 0.3 is 0 Å². The van der Waals surface area contributed by atoms with Gasteiger partial charge in [-0.15, -0.1) is 0 Å². The molecule has 2 aromatic heterocycles. The topological polar surface area (TPSA) is 108 Å². The highest BCUT2D eigenvalue weighted by Gasteiger charge is 2.20.